The lowest BCUT2D eigenvalue weighted by Gasteiger charge is -2.41. The molecule has 0 fully saturated rings. The molecule has 172 valence electrons. The molecule has 0 N–H and O–H groups in total. The number of hydrogen-bond donors (Lipinski definition) is 0. The van der Waals surface area contributed by atoms with Crippen molar-refractivity contribution in [2.75, 3.05) is 0 Å². The van der Waals surface area contributed by atoms with E-state index in [0.29, 0.717) is 0 Å². The monoisotopic (exact) mass is 504 g/mol. The van der Waals surface area contributed by atoms with Gasteiger partial charge in [0.2, 0.25) is 4.33 Å². The SMILES string of the molecule is FC(F)Oc1ccccc1C1(C(Cl)(Cl)C2(c3ccccc3OC(F)F)N=NN=N2)N=NN=N1. The van der Waals surface area contributed by atoms with Gasteiger partial charge in [-0.15, -0.1) is 20.5 Å². The third-order valence-corrected chi connectivity index (χ3v) is 5.72. The molecule has 4 rings (SSSR count). The molecule has 2 aromatic carbocycles. The zero-order chi connectivity index (χ0) is 23.7. The lowest BCUT2D eigenvalue weighted by atomic mass is 9.84. The Balaban J connectivity index is 1.96. The number of ether oxygens (including phenoxy) is 2. The van der Waals surface area contributed by atoms with Crippen LogP contribution in [0.2, 0.25) is 0 Å². The highest BCUT2D eigenvalue weighted by Gasteiger charge is 2.70. The van der Waals surface area contributed by atoms with Crippen LogP contribution in [0.5, 0.6) is 11.5 Å². The van der Waals surface area contributed by atoms with E-state index in [-0.39, 0.29) is 11.1 Å². The van der Waals surface area contributed by atoms with E-state index < -0.39 is 40.4 Å². The van der Waals surface area contributed by atoms with Crippen molar-refractivity contribution in [1.82, 2.24) is 0 Å². The van der Waals surface area contributed by atoms with Crippen LogP contribution < -0.4 is 9.47 Å². The molecule has 0 aliphatic carbocycles. The van der Waals surface area contributed by atoms with Crippen LogP contribution in [0.15, 0.2) is 89.9 Å². The first-order valence-corrected chi connectivity index (χ1v) is 9.64. The van der Waals surface area contributed by atoms with Gasteiger partial charge in [-0.1, -0.05) is 59.6 Å². The predicted octanol–water partition coefficient (Wildman–Crippen LogP) is 6.74. The second-order valence-electron chi connectivity index (χ2n) is 6.43. The molecule has 0 amide bonds. The van der Waals surface area contributed by atoms with Crippen LogP contribution in [0.4, 0.5) is 17.6 Å². The number of alkyl halides is 6. The summed E-state index contributed by atoms with van der Waals surface area (Å²) in [6, 6.07) is 10.7. The summed E-state index contributed by atoms with van der Waals surface area (Å²) in [4.78, 5) is 0. The maximum Gasteiger partial charge on any atom is 0.387 e. The van der Waals surface area contributed by atoms with Crippen molar-refractivity contribution in [1.29, 1.82) is 0 Å². The number of hydrogen-bond acceptors (Lipinski definition) is 10. The lowest BCUT2D eigenvalue weighted by molar-refractivity contribution is -0.0512. The van der Waals surface area contributed by atoms with Gasteiger partial charge in [0.1, 0.15) is 11.5 Å². The van der Waals surface area contributed by atoms with Gasteiger partial charge in [-0.25, -0.2) is 0 Å². The van der Waals surface area contributed by atoms with Crippen molar-refractivity contribution in [3.63, 3.8) is 0 Å². The molecule has 0 atom stereocenters. The van der Waals surface area contributed by atoms with Crippen molar-refractivity contribution in [2.24, 2.45) is 41.4 Å². The molecule has 0 aromatic heterocycles. The second kappa shape index (κ2) is 8.59. The Labute approximate surface area is 192 Å². The van der Waals surface area contributed by atoms with E-state index in [2.05, 4.69) is 50.8 Å². The molecule has 10 nitrogen and oxygen atoms in total. The summed E-state index contributed by atoms with van der Waals surface area (Å²) in [6.07, 6.45) is 0. The summed E-state index contributed by atoms with van der Waals surface area (Å²) in [5, 5.41) is 29.3. The molecule has 2 heterocycles. The fourth-order valence-corrected chi connectivity index (χ4v) is 4.04. The van der Waals surface area contributed by atoms with Gasteiger partial charge in [-0.2, -0.15) is 17.6 Å². The third kappa shape index (κ3) is 3.68. The average molecular weight is 505 g/mol. The topological polar surface area (TPSA) is 117 Å². The number of benzene rings is 2. The van der Waals surface area contributed by atoms with Crippen LogP contribution >= 0.6 is 23.2 Å². The molecule has 0 spiro atoms. The minimum Gasteiger partial charge on any atom is -0.434 e. The number of nitrogens with zero attached hydrogens (tertiary/aromatic N) is 8. The molecule has 16 heteroatoms. The fraction of sp³-hybridized carbons (Fsp3) is 0.294. The smallest absolute Gasteiger partial charge is 0.387 e. The van der Waals surface area contributed by atoms with E-state index in [4.69, 9.17) is 23.2 Å². The zero-order valence-electron chi connectivity index (χ0n) is 15.9. The van der Waals surface area contributed by atoms with E-state index in [0.717, 1.165) is 0 Å². The van der Waals surface area contributed by atoms with Gasteiger partial charge < -0.3 is 9.47 Å². The van der Waals surface area contributed by atoms with E-state index in [1.165, 1.54) is 48.5 Å². The Kier molecular flexibility index (Phi) is 5.97. The first-order valence-electron chi connectivity index (χ1n) is 8.88. The van der Waals surface area contributed by atoms with Gasteiger partial charge in [-0.3, -0.25) is 0 Å². The number of para-hydroxylation sites is 2. The fourth-order valence-electron chi connectivity index (χ4n) is 3.33. The molecule has 2 aliphatic rings. The largest absolute Gasteiger partial charge is 0.434 e. The van der Waals surface area contributed by atoms with Crippen molar-refractivity contribution < 1.29 is 27.0 Å². The summed E-state index contributed by atoms with van der Waals surface area (Å²) < 4.78 is 58.9. The molecular weight excluding hydrogens is 495 g/mol. The summed E-state index contributed by atoms with van der Waals surface area (Å²) in [5.74, 6) is -0.811. The quantitative estimate of drug-likeness (QED) is 0.292. The number of halogens is 6. The zero-order valence-corrected chi connectivity index (χ0v) is 17.4. The van der Waals surface area contributed by atoms with Crippen molar-refractivity contribution in [3.8, 4) is 11.5 Å². The molecule has 33 heavy (non-hydrogen) atoms. The minimum atomic E-state index is -3.22. The molecule has 2 aliphatic heterocycles. The van der Waals surface area contributed by atoms with Gasteiger partial charge in [-0.05, 0) is 33.0 Å². The van der Waals surface area contributed by atoms with E-state index >= 15 is 0 Å². The third-order valence-electron chi connectivity index (χ3n) is 4.67. The maximum absolute atomic E-state index is 13.1. The molecule has 0 unspecified atom stereocenters. The van der Waals surface area contributed by atoms with E-state index in [1.54, 1.807) is 0 Å². The van der Waals surface area contributed by atoms with Crippen LogP contribution in [-0.4, -0.2) is 17.6 Å². The van der Waals surface area contributed by atoms with Gasteiger partial charge in [0.15, 0.2) is 0 Å². The molecule has 2 aromatic rings. The standard InChI is InChI=1S/C17H10Cl2F4N8O2/c18-17(19,15(24-28-29-25-15)9-5-1-3-7-11(9)32-13(20)21)16(26-30-31-27-16)10-6-2-4-8-12(10)33-14(22)23/h1-8,13-14H. The first-order chi connectivity index (χ1) is 15.7. The summed E-state index contributed by atoms with van der Waals surface area (Å²) in [5.41, 5.74) is -4.96. The van der Waals surface area contributed by atoms with Crippen LogP contribution in [-0.2, 0) is 11.3 Å². The van der Waals surface area contributed by atoms with Crippen LogP contribution in [0.25, 0.3) is 0 Å². The highest BCUT2D eigenvalue weighted by Crippen LogP contribution is 2.62. The normalized spacial score (nSPS) is 17.9. The molecule has 0 saturated heterocycles. The lowest BCUT2D eigenvalue weighted by Crippen LogP contribution is -2.53. The summed E-state index contributed by atoms with van der Waals surface area (Å²) in [7, 11) is 0. The summed E-state index contributed by atoms with van der Waals surface area (Å²) in [6.45, 7) is -6.45. The van der Waals surface area contributed by atoms with Gasteiger partial charge >= 0.3 is 13.2 Å². The summed E-state index contributed by atoms with van der Waals surface area (Å²) >= 11 is 13.6. The van der Waals surface area contributed by atoms with E-state index in [1.807, 2.05) is 0 Å². The Hall–Kier alpha value is -3.26. The highest BCUT2D eigenvalue weighted by molar-refractivity contribution is 6.50. The average Bonchev–Trinajstić information content (AvgIpc) is 3.45. The van der Waals surface area contributed by atoms with Crippen LogP contribution in [0.1, 0.15) is 11.1 Å². The van der Waals surface area contributed by atoms with Gasteiger partial charge in [0, 0.05) is 0 Å². The van der Waals surface area contributed by atoms with Gasteiger partial charge in [0.25, 0.3) is 11.3 Å². The van der Waals surface area contributed by atoms with E-state index in [9.17, 15) is 17.6 Å². The van der Waals surface area contributed by atoms with Crippen LogP contribution in [0, 0.1) is 0 Å². The molecule has 0 saturated carbocycles. The highest BCUT2D eigenvalue weighted by atomic mass is 35.5. The van der Waals surface area contributed by atoms with Crippen molar-refractivity contribution >= 4 is 23.2 Å². The number of rotatable bonds is 8. The van der Waals surface area contributed by atoms with Crippen LogP contribution in [0.3, 0.4) is 0 Å². The van der Waals surface area contributed by atoms with Crippen molar-refractivity contribution in [3.05, 3.63) is 59.7 Å². The Bertz CT molecular complexity index is 1050. The Morgan fingerprint density at radius 1 is 0.636 bits per heavy atom. The van der Waals surface area contributed by atoms with Crippen molar-refractivity contribution in [2.45, 2.75) is 28.9 Å². The molecule has 0 radical (unpaired) electrons. The minimum absolute atomic E-state index is 0.191. The first kappa shape index (κ1) is 22.9. The maximum atomic E-state index is 13.1. The Morgan fingerprint density at radius 3 is 1.30 bits per heavy atom. The molecule has 0 bridgehead atoms. The predicted molar refractivity (Wildman–Crippen MR) is 103 cm³/mol. The van der Waals surface area contributed by atoms with Gasteiger partial charge in [0.05, 0.1) is 11.1 Å². The second-order valence-corrected chi connectivity index (χ2v) is 7.75. The Morgan fingerprint density at radius 2 is 0.970 bits per heavy atom. The molecular formula is C17H10Cl2F4N8O2.